The number of amides is 2. The highest BCUT2D eigenvalue weighted by molar-refractivity contribution is 6.29. The van der Waals surface area contributed by atoms with E-state index in [1.165, 1.54) is 32.1 Å². The molecule has 2 aliphatic rings. The van der Waals surface area contributed by atoms with Crippen LogP contribution >= 0.6 is 0 Å². The molecule has 1 aliphatic carbocycles. The molecule has 3 rings (SSSR count). The van der Waals surface area contributed by atoms with E-state index in [0.29, 0.717) is 46.0 Å². The maximum absolute atomic E-state index is 13.4. The summed E-state index contributed by atoms with van der Waals surface area (Å²) < 4.78 is 5.47. The van der Waals surface area contributed by atoms with Crippen molar-refractivity contribution in [2.75, 3.05) is 18.4 Å². The summed E-state index contributed by atoms with van der Waals surface area (Å²) in [6.07, 6.45) is 7.27. The van der Waals surface area contributed by atoms with E-state index >= 15 is 0 Å². The van der Waals surface area contributed by atoms with Crippen LogP contribution in [0.4, 0.5) is 10.5 Å². The molecule has 1 atom stereocenters. The minimum atomic E-state index is -0.715. The second kappa shape index (κ2) is 12.3. The molecule has 1 saturated carbocycles. The van der Waals surface area contributed by atoms with Gasteiger partial charge < -0.3 is 20.4 Å². The number of alkyl carbamates (subject to hydrolysis) is 1. The first-order valence-electron chi connectivity index (χ1n) is 13.2. The van der Waals surface area contributed by atoms with Gasteiger partial charge >= 0.3 is 6.09 Å². The number of hydrogen-bond acceptors (Lipinski definition) is 6. The van der Waals surface area contributed by atoms with Crippen LogP contribution in [0.2, 0.25) is 0 Å². The van der Waals surface area contributed by atoms with Crippen LogP contribution in [-0.2, 0) is 9.53 Å². The Labute approximate surface area is 219 Å². The predicted octanol–water partition coefficient (Wildman–Crippen LogP) is 4.45. The van der Waals surface area contributed by atoms with E-state index in [2.05, 4.69) is 32.5 Å². The third-order valence-corrected chi connectivity index (χ3v) is 6.75. The molecule has 0 bridgehead atoms. The second-order valence-corrected chi connectivity index (χ2v) is 10.9. The van der Waals surface area contributed by atoms with Crippen LogP contribution < -0.4 is 21.5 Å². The monoisotopic (exact) mass is 511 g/mol. The van der Waals surface area contributed by atoms with E-state index in [-0.39, 0.29) is 24.0 Å². The largest absolute Gasteiger partial charge is 0.444 e. The fourth-order valence-corrected chi connectivity index (χ4v) is 4.96. The van der Waals surface area contributed by atoms with Crippen molar-refractivity contribution in [3.05, 3.63) is 45.4 Å². The number of ether oxygens (including phenoxy) is 1. The van der Waals surface area contributed by atoms with Crippen LogP contribution in [0, 0.1) is 12.8 Å². The number of nitrogens with zero attached hydrogens (tertiary/aromatic N) is 1. The molecule has 2 amide bonds. The van der Waals surface area contributed by atoms with E-state index in [1.807, 2.05) is 19.9 Å². The van der Waals surface area contributed by atoms with Gasteiger partial charge in [0.2, 0.25) is 6.41 Å². The molecule has 0 spiro atoms. The van der Waals surface area contributed by atoms with E-state index in [4.69, 9.17) is 4.74 Å². The average Bonchev–Trinajstić information content (AvgIpc) is 2.80. The van der Waals surface area contributed by atoms with Crippen LogP contribution in [-0.4, -0.2) is 48.1 Å². The van der Waals surface area contributed by atoms with Crippen molar-refractivity contribution in [2.24, 2.45) is 10.9 Å². The van der Waals surface area contributed by atoms with E-state index in [9.17, 15) is 14.4 Å². The van der Waals surface area contributed by atoms with Gasteiger partial charge in [-0.05, 0) is 64.2 Å². The first kappa shape index (κ1) is 28.2. The van der Waals surface area contributed by atoms with Crippen LogP contribution in [0.1, 0.15) is 77.5 Å². The minimum absolute atomic E-state index is 0.131. The van der Waals surface area contributed by atoms with Crippen LogP contribution in [0.3, 0.4) is 0 Å². The number of aromatic nitrogens is 1. The zero-order chi connectivity index (χ0) is 27.2. The quantitative estimate of drug-likeness (QED) is 0.384. The molecule has 2 heterocycles. The molecule has 1 aliphatic heterocycles. The smallest absolute Gasteiger partial charge is 0.413 e. The van der Waals surface area contributed by atoms with Crippen molar-refractivity contribution in [1.82, 2.24) is 15.6 Å². The SMILES string of the molecule is C=C1C(CNC=O)=C(c2c(NCCC3CCCCC3)cc(C)[nH]c2=O)C(NC(=O)OC(C)(C)C)=NC1C. The molecule has 9 nitrogen and oxygen atoms in total. The van der Waals surface area contributed by atoms with Crippen LogP contribution in [0.15, 0.2) is 33.6 Å². The van der Waals surface area contributed by atoms with Gasteiger partial charge in [0.15, 0.2) is 0 Å². The Balaban J connectivity index is 2.05. The summed E-state index contributed by atoms with van der Waals surface area (Å²) in [5.74, 6) is 0.891. The van der Waals surface area contributed by atoms with Crippen molar-refractivity contribution < 1.29 is 14.3 Å². The summed E-state index contributed by atoms with van der Waals surface area (Å²) in [6.45, 7) is 14.0. The lowest BCUT2D eigenvalue weighted by atomic mass is 9.86. The van der Waals surface area contributed by atoms with Crippen molar-refractivity contribution in [3.63, 3.8) is 0 Å². The Kier molecular flexibility index (Phi) is 9.34. The number of hydrogen-bond donors (Lipinski definition) is 4. The number of H-pyrrole nitrogens is 1. The first-order valence-corrected chi connectivity index (χ1v) is 13.2. The highest BCUT2D eigenvalue weighted by Crippen LogP contribution is 2.33. The number of nitrogens with one attached hydrogen (secondary N) is 4. The molecule has 0 aromatic carbocycles. The van der Waals surface area contributed by atoms with Gasteiger partial charge in [0.1, 0.15) is 11.4 Å². The highest BCUT2D eigenvalue weighted by Gasteiger charge is 2.31. The topological polar surface area (TPSA) is 125 Å². The Bertz CT molecular complexity index is 1140. The lowest BCUT2D eigenvalue weighted by Crippen LogP contribution is -2.41. The van der Waals surface area contributed by atoms with Gasteiger partial charge in [0.05, 0.1) is 11.6 Å². The van der Waals surface area contributed by atoms with Crippen LogP contribution in [0.5, 0.6) is 0 Å². The number of aromatic amines is 1. The molecular weight excluding hydrogens is 470 g/mol. The number of rotatable bonds is 8. The molecule has 4 N–H and O–H groups in total. The Morgan fingerprint density at radius 1 is 1.27 bits per heavy atom. The van der Waals surface area contributed by atoms with Gasteiger partial charge in [-0.2, -0.15) is 0 Å². The molecule has 1 fully saturated rings. The number of aliphatic imine (C=N–C) groups is 1. The van der Waals surface area contributed by atoms with Gasteiger partial charge in [-0.25, -0.2) is 4.79 Å². The molecule has 0 radical (unpaired) electrons. The fourth-order valence-electron chi connectivity index (χ4n) is 4.96. The number of amidine groups is 1. The summed E-state index contributed by atoms with van der Waals surface area (Å²) in [7, 11) is 0. The summed E-state index contributed by atoms with van der Waals surface area (Å²) in [6, 6.07) is 1.52. The van der Waals surface area contributed by atoms with Crippen molar-refractivity contribution in [1.29, 1.82) is 0 Å². The van der Waals surface area contributed by atoms with Gasteiger partial charge in [0.25, 0.3) is 5.56 Å². The normalized spacial score (nSPS) is 18.8. The van der Waals surface area contributed by atoms with Crippen molar-refractivity contribution >= 4 is 29.6 Å². The van der Waals surface area contributed by atoms with Crippen molar-refractivity contribution in [2.45, 2.75) is 84.8 Å². The summed E-state index contributed by atoms with van der Waals surface area (Å²) in [5, 5.41) is 8.92. The Hall–Kier alpha value is -3.36. The number of carbonyl (C=O) groups is 2. The summed E-state index contributed by atoms with van der Waals surface area (Å²) in [5.41, 5.74) is 2.38. The molecule has 202 valence electrons. The highest BCUT2D eigenvalue weighted by atomic mass is 16.6. The molecule has 0 saturated heterocycles. The summed E-state index contributed by atoms with van der Waals surface area (Å²) in [4.78, 5) is 44.9. The number of aryl methyl sites for hydroxylation is 1. The van der Waals surface area contributed by atoms with Gasteiger partial charge in [-0.15, -0.1) is 0 Å². The molecule has 1 aromatic rings. The zero-order valence-electron chi connectivity index (χ0n) is 22.8. The Morgan fingerprint density at radius 2 is 1.97 bits per heavy atom. The predicted molar refractivity (Wildman–Crippen MR) is 148 cm³/mol. The zero-order valence-corrected chi connectivity index (χ0v) is 22.8. The lowest BCUT2D eigenvalue weighted by molar-refractivity contribution is -0.109. The van der Waals surface area contributed by atoms with E-state index in [0.717, 1.165) is 13.0 Å². The second-order valence-electron chi connectivity index (χ2n) is 10.9. The van der Waals surface area contributed by atoms with Gasteiger partial charge in [0, 0.05) is 30.0 Å². The third-order valence-electron chi connectivity index (χ3n) is 6.75. The number of anilines is 1. The first-order chi connectivity index (χ1) is 17.5. The van der Waals surface area contributed by atoms with Gasteiger partial charge in [-0.3, -0.25) is 19.9 Å². The molecule has 1 unspecified atom stereocenters. The number of dihydropyridines is 1. The molecule has 9 heteroatoms. The van der Waals surface area contributed by atoms with E-state index < -0.39 is 11.7 Å². The van der Waals surface area contributed by atoms with Crippen LogP contribution in [0.25, 0.3) is 5.57 Å². The third kappa shape index (κ3) is 7.57. The summed E-state index contributed by atoms with van der Waals surface area (Å²) >= 11 is 0. The number of carbonyl (C=O) groups excluding carboxylic acids is 2. The molecule has 1 aromatic heterocycles. The average molecular weight is 512 g/mol. The lowest BCUT2D eigenvalue weighted by Gasteiger charge is -2.29. The standard InChI is InChI=1S/C28H41N5O4/c1-17-14-22(30-13-12-20-10-8-7-9-11-20)24(26(35)31-17)23-21(15-29-16-34)18(2)19(3)32-25(23)33-27(36)37-28(4,5)6/h14,16,19-20H,2,7-13,15H2,1,3-6H3,(H,29,34)(H2,30,31,35)(H,32,33,36). The fraction of sp³-hybridized carbons (Fsp3) is 0.571. The van der Waals surface area contributed by atoms with Crippen molar-refractivity contribution in [3.8, 4) is 0 Å². The maximum Gasteiger partial charge on any atom is 0.413 e. The van der Waals surface area contributed by atoms with Gasteiger partial charge in [-0.1, -0.05) is 38.7 Å². The Morgan fingerprint density at radius 3 is 2.62 bits per heavy atom. The number of pyridine rings is 1. The molecule has 37 heavy (non-hydrogen) atoms. The molecular formula is C28H41N5O4. The maximum atomic E-state index is 13.4. The minimum Gasteiger partial charge on any atom is -0.444 e. The van der Waals surface area contributed by atoms with E-state index in [1.54, 1.807) is 20.8 Å².